The molecule has 1 amide bonds. The molecule has 1 unspecified atom stereocenters. The third-order valence-electron chi connectivity index (χ3n) is 4.39. The van der Waals surface area contributed by atoms with Crippen LogP contribution >= 0.6 is 0 Å². The van der Waals surface area contributed by atoms with Crippen molar-refractivity contribution in [3.05, 3.63) is 95.8 Å². The first-order chi connectivity index (χ1) is 14.5. The average molecular weight is 407 g/mol. The van der Waals surface area contributed by atoms with Crippen LogP contribution < -0.4 is 14.8 Å². The van der Waals surface area contributed by atoms with Gasteiger partial charge in [0.25, 0.3) is 5.91 Å². The summed E-state index contributed by atoms with van der Waals surface area (Å²) < 4.78 is 24.9. The molecular formula is C24H22FNO4. The highest BCUT2D eigenvalue weighted by Crippen LogP contribution is 2.19. The zero-order valence-corrected chi connectivity index (χ0v) is 16.5. The van der Waals surface area contributed by atoms with E-state index in [1.165, 1.54) is 19.1 Å². The Balaban J connectivity index is 1.64. The van der Waals surface area contributed by atoms with Crippen molar-refractivity contribution in [2.45, 2.75) is 13.0 Å². The molecule has 0 fully saturated rings. The maximum Gasteiger partial charge on any atom is 0.258 e. The number of Topliss-reactive ketones (excluding diaryl/α,β-unsaturated/α-hetero) is 1. The Morgan fingerprint density at radius 2 is 1.67 bits per heavy atom. The molecule has 1 N–H and O–H groups in total. The van der Waals surface area contributed by atoms with E-state index in [9.17, 15) is 14.0 Å². The zero-order valence-electron chi connectivity index (χ0n) is 16.5. The number of carbonyl (C=O) groups excluding carboxylic acids is 2. The lowest BCUT2D eigenvalue weighted by Crippen LogP contribution is -2.35. The second-order valence-corrected chi connectivity index (χ2v) is 6.64. The van der Waals surface area contributed by atoms with Gasteiger partial charge in [0, 0.05) is 5.56 Å². The normalized spacial score (nSPS) is 11.4. The number of carbonyl (C=O) groups is 2. The van der Waals surface area contributed by atoms with Gasteiger partial charge in [-0.2, -0.15) is 0 Å². The molecular weight excluding hydrogens is 385 g/mol. The molecule has 0 aromatic heterocycles. The summed E-state index contributed by atoms with van der Waals surface area (Å²) in [6.45, 7) is 1.28. The topological polar surface area (TPSA) is 64.6 Å². The number of hydrogen-bond acceptors (Lipinski definition) is 4. The number of halogens is 1. The summed E-state index contributed by atoms with van der Waals surface area (Å²) in [6, 6.07) is 21.5. The van der Waals surface area contributed by atoms with E-state index in [1.807, 2.05) is 30.3 Å². The molecule has 3 rings (SSSR count). The lowest BCUT2D eigenvalue weighted by molar-refractivity contribution is -0.124. The van der Waals surface area contributed by atoms with E-state index < -0.39 is 11.9 Å². The van der Waals surface area contributed by atoms with Gasteiger partial charge in [-0.1, -0.05) is 54.6 Å². The van der Waals surface area contributed by atoms with Crippen LogP contribution in [0.2, 0.25) is 0 Å². The molecule has 0 aliphatic rings. The Morgan fingerprint density at radius 1 is 0.933 bits per heavy atom. The highest BCUT2D eigenvalue weighted by molar-refractivity contribution is 5.94. The highest BCUT2D eigenvalue weighted by Gasteiger charge is 2.17. The molecule has 154 valence electrons. The Morgan fingerprint density at radius 3 is 2.40 bits per heavy atom. The van der Waals surface area contributed by atoms with Crippen molar-refractivity contribution in [2.75, 3.05) is 13.2 Å². The van der Waals surface area contributed by atoms with Gasteiger partial charge in [0.1, 0.15) is 12.4 Å². The SMILES string of the molecule is CC(=O)c1cccc(OCC(=O)NC(COc2ccccc2F)c2ccccc2)c1. The number of ether oxygens (including phenoxy) is 2. The van der Waals surface area contributed by atoms with Crippen molar-refractivity contribution >= 4 is 11.7 Å². The quantitative estimate of drug-likeness (QED) is 0.536. The Bertz CT molecular complexity index is 1010. The smallest absolute Gasteiger partial charge is 0.258 e. The standard InChI is InChI=1S/C24H22FNO4/c1-17(27)19-10-7-11-20(14-19)29-16-24(28)26-22(18-8-3-2-4-9-18)15-30-23-13-6-5-12-21(23)25/h2-14,22H,15-16H2,1H3,(H,26,28). The predicted molar refractivity (Wildman–Crippen MR) is 111 cm³/mol. The van der Waals surface area contributed by atoms with Gasteiger partial charge in [-0.05, 0) is 36.8 Å². The third-order valence-corrected chi connectivity index (χ3v) is 4.39. The number of benzene rings is 3. The van der Waals surface area contributed by atoms with Crippen LogP contribution in [-0.4, -0.2) is 24.9 Å². The maximum absolute atomic E-state index is 13.8. The first-order valence-corrected chi connectivity index (χ1v) is 9.48. The number of para-hydroxylation sites is 1. The number of hydrogen-bond donors (Lipinski definition) is 1. The Hall–Kier alpha value is -3.67. The summed E-state index contributed by atoms with van der Waals surface area (Å²) in [5.74, 6) is -0.375. The minimum atomic E-state index is -0.495. The maximum atomic E-state index is 13.8. The molecule has 0 spiro atoms. The molecule has 0 saturated heterocycles. The molecule has 0 bridgehead atoms. The van der Waals surface area contributed by atoms with Crippen molar-refractivity contribution in [3.8, 4) is 11.5 Å². The molecule has 1 atom stereocenters. The summed E-state index contributed by atoms with van der Waals surface area (Å²) >= 11 is 0. The minimum Gasteiger partial charge on any atom is -0.488 e. The predicted octanol–water partition coefficient (Wildman–Crippen LogP) is 4.34. The molecule has 0 heterocycles. The molecule has 3 aromatic carbocycles. The molecule has 3 aromatic rings. The Labute approximate surface area is 174 Å². The van der Waals surface area contributed by atoms with E-state index in [2.05, 4.69) is 5.32 Å². The molecule has 30 heavy (non-hydrogen) atoms. The first kappa shape index (κ1) is 21.0. The fourth-order valence-electron chi connectivity index (χ4n) is 2.83. The van der Waals surface area contributed by atoms with Crippen LogP contribution in [0.25, 0.3) is 0 Å². The largest absolute Gasteiger partial charge is 0.488 e. The van der Waals surface area contributed by atoms with Gasteiger partial charge < -0.3 is 14.8 Å². The molecule has 0 aliphatic heterocycles. The van der Waals surface area contributed by atoms with Crippen LogP contribution in [-0.2, 0) is 4.79 Å². The summed E-state index contributed by atoms with van der Waals surface area (Å²) in [7, 11) is 0. The Kier molecular flexibility index (Phi) is 7.16. The van der Waals surface area contributed by atoms with Gasteiger partial charge in [0.15, 0.2) is 24.0 Å². The van der Waals surface area contributed by atoms with Crippen LogP contribution in [0.1, 0.15) is 28.9 Å². The average Bonchev–Trinajstić information content (AvgIpc) is 2.77. The van der Waals surface area contributed by atoms with Gasteiger partial charge >= 0.3 is 0 Å². The molecule has 6 heteroatoms. The van der Waals surface area contributed by atoms with Crippen molar-refractivity contribution < 1.29 is 23.5 Å². The highest BCUT2D eigenvalue weighted by atomic mass is 19.1. The van der Waals surface area contributed by atoms with Crippen LogP contribution in [0.5, 0.6) is 11.5 Å². The van der Waals surface area contributed by atoms with Crippen LogP contribution in [0.3, 0.4) is 0 Å². The van der Waals surface area contributed by atoms with Gasteiger partial charge in [-0.15, -0.1) is 0 Å². The van der Waals surface area contributed by atoms with E-state index in [0.29, 0.717) is 11.3 Å². The minimum absolute atomic E-state index is 0.0521. The molecule has 0 aliphatic carbocycles. The molecule has 0 saturated carbocycles. The number of nitrogens with one attached hydrogen (secondary N) is 1. The van der Waals surface area contributed by atoms with Gasteiger partial charge in [0.2, 0.25) is 0 Å². The molecule has 0 radical (unpaired) electrons. The summed E-state index contributed by atoms with van der Waals surface area (Å²) in [5, 5.41) is 2.85. The third kappa shape index (κ3) is 5.91. The van der Waals surface area contributed by atoms with Crippen molar-refractivity contribution in [1.29, 1.82) is 0 Å². The van der Waals surface area contributed by atoms with E-state index in [1.54, 1.807) is 36.4 Å². The fourth-order valence-corrected chi connectivity index (χ4v) is 2.83. The first-order valence-electron chi connectivity index (χ1n) is 9.48. The van der Waals surface area contributed by atoms with E-state index in [4.69, 9.17) is 9.47 Å². The van der Waals surface area contributed by atoms with Crippen LogP contribution in [0.15, 0.2) is 78.9 Å². The van der Waals surface area contributed by atoms with Gasteiger partial charge in [-0.25, -0.2) is 4.39 Å². The number of ketones is 1. The number of rotatable bonds is 9. The number of amides is 1. The zero-order chi connectivity index (χ0) is 21.3. The summed E-state index contributed by atoms with van der Waals surface area (Å²) in [6.07, 6.45) is 0. The van der Waals surface area contributed by atoms with Gasteiger partial charge in [-0.3, -0.25) is 9.59 Å². The van der Waals surface area contributed by atoms with Crippen LogP contribution in [0, 0.1) is 5.82 Å². The van der Waals surface area contributed by atoms with Crippen molar-refractivity contribution in [2.24, 2.45) is 0 Å². The van der Waals surface area contributed by atoms with E-state index >= 15 is 0 Å². The lowest BCUT2D eigenvalue weighted by Gasteiger charge is -2.20. The summed E-state index contributed by atoms with van der Waals surface area (Å²) in [4.78, 5) is 23.9. The van der Waals surface area contributed by atoms with E-state index in [0.717, 1.165) is 5.56 Å². The lowest BCUT2D eigenvalue weighted by atomic mass is 10.1. The second-order valence-electron chi connectivity index (χ2n) is 6.64. The monoisotopic (exact) mass is 407 g/mol. The fraction of sp³-hybridized carbons (Fsp3) is 0.167. The summed E-state index contributed by atoms with van der Waals surface area (Å²) in [5.41, 5.74) is 1.33. The van der Waals surface area contributed by atoms with Crippen molar-refractivity contribution in [3.63, 3.8) is 0 Å². The van der Waals surface area contributed by atoms with Crippen LogP contribution in [0.4, 0.5) is 4.39 Å². The van der Waals surface area contributed by atoms with Gasteiger partial charge in [0.05, 0.1) is 6.04 Å². The second kappa shape index (κ2) is 10.2. The van der Waals surface area contributed by atoms with E-state index in [-0.39, 0.29) is 30.7 Å². The molecule has 5 nitrogen and oxygen atoms in total. The van der Waals surface area contributed by atoms with Crippen molar-refractivity contribution in [1.82, 2.24) is 5.32 Å².